The van der Waals surface area contributed by atoms with Crippen LogP contribution in [0.15, 0.2) is 11.6 Å². The second-order valence-corrected chi connectivity index (χ2v) is 5.51. The number of carbonyl (C=O) groups is 1. The van der Waals surface area contributed by atoms with E-state index in [1.165, 1.54) is 18.4 Å². The lowest BCUT2D eigenvalue weighted by Gasteiger charge is -2.28. The molecule has 0 aromatic carbocycles. The van der Waals surface area contributed by atoms with Crippen LogP contribution in [0.2, 0.25) is 0 Å². The first-order chi connectivity index (χ1) is 7.92. The summed E-state index contributed by atoms with van der Waals surface area (Å²) >= 11 is 0. The molecule has 0 saturated heterocycles. The van der Waals surface area contributed by atoms with Gasteiger partial charge in [-0.1, -0.05) is 11.6 Å². The van der Waals surface area contributed by atoms with Gasteiger partial charge in [-0.3, -0.25) is 4.79 Å². The third kappa shape index (κ3) is 5.35. The second-order valence-electron chi connectivity index (χ2n) is 5.51. The van der Waals surface area contributed by atoms with E-state index >= 15 is 0 Å². The van der Waals surface area contributed by atoms with Gasteiger partial charge in [0, 0.05) is 19.5 Å². The number of amides is 1. The molecule has 0 saturated carbocycles. The van der Waals surface area contributed by atoms with Crippen molar-refractivity contribution >= 4 is 5.91 Å². The molecule has 3 nitrogen and oxygen atoms in total. The summed E-state index contributed by atoms with van der Waals surface area (Å²) in [6.07, 6.45) is 7.37. The topological polar surface area (TPSA) is 40.5 Å². The summed E-state index contributed by atoms with van der Waals surface area (Å²) in [6.45, 7) is 6.51. The fourth-order valence-electron chi connectivity index (χ4n) is 2.21. The molecule has 98 valence electrons. The zero-order chi connectivity index (χ0) is 12.9. The minimum absolute atomic E-state index is 0.141. The molecule has 1 aliphatic carbocycles. The Bertz CT molecular complexity index is 289. The van der Waals surface area contributed by atoms with Gasteiger partial charge in [0.05, 0.1) is 5.60 Å². The molecular weight excluding hydrogens is 214 g/mol. The molecule has 0 spiro atoms. The van der Waals surface area contributed by atoms with Crippen LogP contribution in [-0.4, -0.2) is 34.6 Å². The van der Waals surface area contributed by atoms with Gasteiger partial charge in [0.1, 0.15) is 0 Å². The second kappa shape index (κ2) is 6.20. The van der Waals surface area contributed by atoms with E-state index in [4.69, 9.17) is 0 Å². The van der Waals surface area contributed by atoms with Crippen LogP contribution in [0.3, 0.4) is 0 Å². The fraction of sp³-hybridized carbons (Fsp3) is 0.786. The smallest absolute Gasteiger partial charge is 0.226 e. The molecule has 0 aromatic heterocycles. The van der Waals surface area contributed by atoms with E-state index < -0.39 is 5.60 Å². The van der Waals surface area contributed by atoms with Crippen LogP contribution in [0.4, 0.5) is 0 Å². The summed E-state index contributed by atoms with van der Waals surface area (Å²) in [5.74, 6) is 0.141. The lowest BCUT2D eigenvalue weighted by atomic mass is 9.96. The highest BCUT2D eigenvalue weighted by Crippen LogP contribution is 2.21. The summed E-state index contributed by atoms with van der Waals surface area (Å²) in [4.78, 5) is 13.8. The summed E-state index contributed by atoms with van der Waals surface area (Å²) in [5, 5.41) is 9.77. The van der Waals surface area contributed by atoms with Crippen LogP contribution in [0.5, 0.6) is 0 Å². The Hall–Kier alpha value is -0.830. The Morgan fingerprint density at radius 3 is 2.65 bits per heavy atom. The molecule has 17 heavy (non-hydrogen) atoms. The maximum Gasteiger partial charge on any atom is 0.226 e. The minimum Gasteiger partial charge on any atom is -0.389 e. The molecule has 1 rings (SSSR count). The van der Waals surface area contributed by atoms with E-state index in [1.807, 2.05) is 6.92 Å². The molecule has 0 radical (unpaired) electrons. The Balaban J connectivity index is 2.51. The highest BCUT2D eigenvalue weighted by Gasteiger charge is 2.21. The number of rotatable bonds is 5. The van der Waals surface area contributed by atoms with E-state index in [0.717, 1.165) is 12.8 Å². The van der Waals surface area contributed by atoms with Crippen molar-refractivity contribution in [1.82, 2.24) is 4.90 Å². The minimum atomic E-state index is -0.813. The van der Waals surface area contributed by atoms with Crippen molar-refractivity contribution in [2.75, 3.05) is 13.1 Å². The Kier molecular flexibility index (Phi) is 5.19. The predicted octanol–water partition coefficient (Wildman–Crippen LogP) is 2.50. The normalized spacial score (nSPS) is 16.6. The van der Waals surface area contributed by atoms with Crippen molar-refractivity contribution in [1.29, 1.82) is 0 Å². The van der Waals surface area contributed by atoms with Crippen LogP contribution in [0.25, 0.3) is 0 Å². The van der Waals surface area contributed by atoms with E-state index in [0.29, 0.717) is 19.5 Å². The van der Waals surface area contributed by atoms with Crippen LogP contribution < -0.4 is 0 Å². The molecule has 1 aliphatic rings. The van der Waals surface area contributed by atoms with Crippen molar-refractivity contribution in [3.63, 3.8) is 0 Å². The summed E-state index contributed by atoms with van der Waals surface area (Å²) < 4.78 is 0. The number of likely N-dealkylation sites (N-methyl/N-ethyl adjacent to an activating group) is 1. The molecule has 1 N–H and O–H groups in total. The van der Waals surface area contributed by atoms with Gasteiger partial charge >= 0.3 is 0 Å². The SMILES string of the molecule is CCN(CC(C)(C)O)C(=O)CC1=CCCCC1. The van der Waals surface area contributed by atoms with Crippen molar-refractivity contribution in [3.05, 3.63) is 11.6 Å². The van der Waals surface area contributed by atoms with Crippen LogP contribution in [0.1, 0.15) is 52.9 Å². The van der Waals surface area contributed by atoms with Gasteiger partial charge in [-0.15, -0.1) is 0 Å². The van der Waals surface area contributed by atoms with Crippen LogP contribution in [0, 0.1) is 0 Å². The van der Waals surface area contributed by atoms with Crippen molar-refractivity contribution in [2.24, 2.45) is 0 Å². The maximum atomic E-state index is 12.1. The quantitative estimate of drug-likeness (QED) is 0.749. The molecule has 0 fully saturated rings. The number of carbonyl (C=O) groups excluding carboxylic acids is 1. The fourth-order valence-corrected chi connectivity index (χ4v) is 2.21. The van der Waals surface area contributed by atoms with Crippen molar-refractivity contribution in [2.45, 2.75) is 58.5 Å². The molecular formula is C14H25NO2. The first-order valence-electron chi connectivity index (χ1n) is 6.60. The molecule has 0 atom stereocenters. The molecule has 0 heterocycles. The highest BCUT2D eigenvalue weighted by atomic mass is 16.3. The highest BCUT2D eigenvalue weighted by molar-refractivity contribution is 5.78. The Morgan fingerprint density at radius 2 is 2.18 bits per heavy atom. The lowest BCUT2D eigenvalue weighted by molar-refractivity contribution is -0.133. The largest absolute Gasteiger partial charge is 0.389 e. The third-order valence-electron chi connectivity index (χ3n) is 3.08. The van der Waals surface area contributed by atoms with Gasteiger partial charge in [0.25, 0.3) is 0 Å². The number of aliphatic hydroxyl groups is 1. The monoisotopic (exact) mass is 239 g/mol. The van der Waals surface area contributed by atoms with Gasteiger partial charge in [-0.25, -0.2) is 0 Å². The average molecular weight is 239 g/mol. The zero-order valence-corrected chi connectivity index (χ0v) is 11.3. The molecule has 0 bridgehead atoms. The molecule has 0 aliphatic heterocycles. The molecule has 3 heteroatoms. The third-order valence-corrected chi connectivity index (χ3v) is 3.08. The van der Waals surface area contributed by atoms with Gasteiger partial charge in [0.15, 0.2) is 0 Å². The zero-order valence-electron chi connectivity index (χ0n) is 11.3. The van der Waals surface area contributed by atoms with Crippen LogP contribution >= 0.6 is 0 Å². The lowest BCUT2D eigenvalue weighted by Crippen LogP contribution is -2.42. The predicted molar refractivity (Wildman–Crippen MR) is 69.7 cm³/mol. The van der Waals surface area contributed by atoms with Gasteiger partial charge in [0.2, 0.25) is 5.91 Å². The van der Waals surface area contributed by atoms with Gasteiger partial charge in [-0.05, 0) is 46.5 Å². The van der Waals surface area contributed by atoms with E-state index in [-0.39, 0.29) is 5.91 Å². The van der Waals surface area contributed by atoms with Crippen molar-refractivity contribution in [3.8, 4) is 0 Å². The first-order valence-corrected chi connectivity index (χ1v) is 6.60. The first kappa shape index (κ1) is 14.2. The summed E-state index contributed by atoms with van der Waals surface area (Å²) in [6, 6.07) is 0. The van der Waals surface area contributed by atoms with Gasteiger partial charge < -0.3 is 10.0 Å². The van der Waals surface area contributed by atoms with E-state index in [2.05, 4.69) is 6.08 Å². The summed E-state index contributed by atoms with van der Waals surface area (Å²) in [7, 11) is 0. The van der Waals surface area contributed by atoms with Gasteiger partial charge in [-0.2, -0.15) is 0 Å². The number of hydrogen-bond donors (Lipinski definition) is 1. The Labute approximate surface area is 105 Å². The summed E-state index contributed by atoms with van der Waals surface area (Å²) in [5.41, 5.74) is 0.461. The average Bonchev–Trinajstić information content (AvgIpc) is 2.26. The van der Waals surface area contributed by atoms with Crippen LogP contribution in [-0.2, 0) is 4.79 Å². The molecule has 0 aromatic rings. The number of allylic oxidation sites excluding steroid dienone is 1. The Morgan fingerprint density at radius 1 is 1.47 bits per heavy atom. The number of nitrogens with zero attached hydrogens (tertiary/aromatic N) is 1. The molecule has 1 amide bonds. The van der Waals surface area contributed by atoms with Crippen molar-refractivity contribution < 1.29 is 9.90 Å². The standard InChI is InChI=1S/C14H25NO2/c1-4-15(11-14(2,3)17)13(16)10-12-8-6-5-7-9-12/h8,17H,4-7,9-11H2,1-3H3. The number of hydrogen-bond acceptors (Lipinski definition) is 2. The van der Waals surface area contributed by atoms with E-state index in [1.54, 1.807) is 18.7 Å². The molecule has 0 unspecified atom stereocenters. The van der Waals surface area contributed by atoms with E-state index in [9.17, 15) is 9.90 Å². The maximum absolute atomic E-state index is 12.1.